The molecule has 0 amide bonds. The van der Waals surface area contributed by atoms with Gasteiger partial charge in [0.2, 0.25) is 0 Å². The minimum atomic E-state index is -0.381. The van der Waals surface area contributed by atoms with Crippen LogP contribution in [-0.2, 0) is 4.79 Å². The van der Waals surface area contributed by atoms with Crippen molar-refractivity contribution in [2.45, 2.75) is 23.9 Å². The number of nitrogens with one attached hydrogen (secondary N) is 2. The Hall–Kier alpha value is -2.67. The third-order valence-corrected chi connectivity index (χ3v) is 5.55. The molecule has 2 aromatic rings. The molecule has 132 valence electrons. The summed E-state index contributed by atoms with van der Waals surface area (Å²) in [5.41, 5.74) is 2.03. The maximum atomic E-state index is 12.9. The molecule has 0 saturated heterocycles. The molecule has 1 aliphatic heterocycles. The van der Waals surface area contributed by atoms with Crippen LogP contribution in [0.3, 0.4) is 0 Å². The molecule has 2 aromatic heterocycles. The van der Waals surface area contributed by atoms with Crippen molar-refractivity contribution in [2.75, 3.05) is 11.1 Å². The van der Waals surface area contributed by atoms with E-state index >= 15 is 0 Å². The van der Waals surface area contributed by atoms with E-state index in [9.17, 15) is 9.59 Å². The molecule has 4 rings (SSSR count). The monoisotopic (exact) mass is 366 g/mol. The highest BCUT2D eigenvalue weighted by Crippen LogP contribution is 2.44. The lowest BCUT2D eigenvalue weighted by Crippen LogP contribution is -2.38. The van der Waals surface area contributed by atoms with Crippen LogP contribution in [0.4, 0.5) is 5.82 Å². The lowest BCUT2D eigenvalue weighted by atomic mass is 9.72. The van der Waals surface area contributed by atoms with E-state index in [1.807, 2.05) is 18.2 Å². The van der Waals surface area contributed by atoms with Gasteiger partial charge in [-0.05, 0) is 24.1 Å². The van der Waals surface area contributed by atoms with E-state index in [2.05, 4.69) is 26.8 Å². The van der Waals surface area contributed by atoms with E-state index in [0.29, 0.717) is 35.1 Å². The third-order valence-electron chi connectivity index (χ3n) is 4.68. The normalized spacial score (nSPS) is 21.2. The first kappa shape index (κ1) is 16.8. The lowest BCUT2D eigenvalue weighted by molar-refractivity contribution is -0.122. The fourth-order valence-corrected chi connectivity index (χ4v) is 4.20. The van der Waals surface area contributed by atoms with E-state index < -0.39 is 0 Å². The minimum Gasteiger partial charge on any atom is -0.343 e. The smallest absolute Gasteiger partial charge is 0.257 e. The lowest BCUT2D eigenvalue weighted by Gasteiger charge is -2.36. The number of carbonyl (C=O) groups excluding carboxylic acids is 1. The number of anilines is 1. The Labute approximate surface area is 154 Å². The summed E-state index contributed by atoms with van der Waals surface area (Å²) in [6.07, 6.45) is 8.37. The van der Waals surface area contributed by atoms with Crippen LogP contribution in [0.1, 0.15) is 29.9 Å². The number of H-pyrrole nitrogens is 1. The Balaban J connectivity index is 1.90. The average molecular weight is 366 g/mol. The van der Waals surface area contributed by atoms with Crippen molar-refractivity contribution in [2.24, 2.45) is 5.92 Å². The summed E-state index contributed by atoms with van der Waals surface area (Å²) in [5, 5.41) is 3.78. The van der Waals surface area contributed by atoms with Crippen molar-refractivity contribution in [3.8, 4) is 0 Å². The van der Waals surface area contributed by atoms with Gasteiger partial charge in [-0.2, -0.15) is 0 Å². The first-order valence-corrected chi connectivity index (χ1v) is 9.45. The van der Waals surface area contributed by atoms with E-state index in [0.717, 1.165) is 11.3 Å². The topological polar surface area (TPSA) is 87.7 Å². The summed E-state index contributed by atoms with van der Waals surface area (Å²) < 4.78 is 0. The molecule has 2 atom stereocenters. The molecule has 0 radical (unpaired) electrons. The second-order valence-corrected chi connectivity index (χ2v) is 7.27. The van der Waals surface area contributed by atoms with Gasteiger partial charge in [-0.25, -0.2) is 4.98 Å². The highest BCUT2D eigenvalue weighted by molar-refractivity contribution is 7.99. The van der Waals surface area contributed by atoms with Gasteiger partial charge in [-0.1, -0.05) is 23.9 Å². The molecule has 0 bridgehead atoms. The summed E-state index contributed by atoms with van der Waals surface area (Å²) in [6, 6.07) is 3.72. The molecule has 2 N–H and O–H groups in total. The molecule has 0 aromatic carbocycles. The molecule has 3 heterocycles. The second kappa shape index (κ2) is 6.92. The van der Waals surface area contributed by atoms with E-state index in [1.165, 1.54) is 11.8 Å². The van der Waals surface area contributed by atoms with E-state index in [-0.39, 0.29) is 23.2 Å². The number of pyridine rings is 1. The molecule has 0 unspecified atom stereocenters. The van der Waals surface area contributed by atoms with Gasteiger partial charge in [-0.3, -0.25) is 14.6 Å². The minimum absolute atomic E-state index is 0.145. The third kappa shape index (κ3) is 2.88. The first-order valence-electron chi connectivity index (χ1n) is 8.46. The number of nitrogens with zero attached hydrogens (tertiary/aromatic N) is 2. The molecule has 0 spiro atoms. The highest BCUT2D eigenvalue weighted by atomic mass is 32.2. The second-order valence-electron chi connectivity index (χ2n) is 6.26. The number of rotatable bonds is 4. The van der Waals surface area contributed by atoms with Crippen molar-refractivity contribution >= 4 is 23.4 Å². The summed E-state index contributed by atoms with van der Waals surface area (Å²) in [4.78, 5) is 37.1. The number of Topliss-reactive ketones (excluding diaryl/α,β-unsaturated/α-hetero) is 1. The maximum absolute atomic E-state index is 12.9. The van der Waals surface area contributed by atoms with Gasteiger partial charge in [0.25, 0.3) is 5.56 Å². The predicted molar refractivity (Wildman–Crippen MR) is 101 cm³/mol. The molecule has 7 heteroatoms. The number of hydrogen-bond acceptors (Lipinski definition) is 6. The number of ketones is 1. The van der Waals surface area contributed by atoms with Crippen LogP contribution >= 0.6 is 11.8 Å². The quantitative estimate of drug-likeness (QED) is 0.491. The summed E-state index contributed by atoms with van der Waals surface area (Å²) in [6.45, 7) is 3.69. The van der Waals surface area contributed by atoms with Gasteiger partial charge < -0.3 is 10.3 Å². The zero-order valence-electron chi connectivity index (χ0n) is 14.1. The number of aromatic amines is 1. The molecule has 0 saturated carbocycles. The number of carbonyl (C=O) groups is 1. The van der Waals surface area contributed by atoms with Gasteiger partial charge in [0.05, 0.1) is 11.5 Å². The van der Waals surface area contributed by atoms with Crippen molar-refractivity contribution in [3.63, 3.8) is 0 Å². The van der Waals surface area contributed by atoms with Crippen LogP contribution in [0.15, 0.2) is 58.9 Å². The Kier molecular flexibility index (Phi) is 4.46. The van der Waals surface area contributed by atoms with Gasteiger partial charge in [0.15, 0.2) is 5.16 Å². The zero-order chi connectivity index (χ0) is 18.1. The van der Waals surface area contributed by atoms with Crippen LogP contribution in [0.5, 0.6) is 0 Å². The predicted octanol–water partition coefficient (Wildman–Crippen LogP) is 2.86. The van der Waals surface area contributed by atoms with Crippen molar-refractivity contribution in [1.29, 1.82) is 0 Å². The first-order chi connectivity index (χ1) is 12.7. The SMILES string of the molecule is C=CCSc1nc2c(c(=O)[nH]1)[C@@H](c1ccncc1)[C@@H]1C(=O)CCC=C1N2. The van der Waals surface area contributed by atoms with E-state index in [4.69, 9.17) is 0 Å². The molecule has 1 aliphatic carbocycles. The fraction of sp³-hybridized carbons (Fsp3) is 0.263. The summed E-state index contributed by atoms with van der Waals surface area (Å²) in [5.74, 6) is 0.585. The summed E-state index contributed by atoms with van der Waals surface area (Å²) in [7, 11) is 0. The number of allylic oxidation sites excluding steroid dienone is 2. The largest absolute Gasteiger partial charge is 0.343 e. The van der Waals surface area contributed by atoms with Crippen LogP contribution in [0, 0.1) is 5.92 Å². The van der Waals surface area contributed by atoms with Crippen LogP contribution < -0.4 is 10.9 Å². The molecule has 26 heavy (non-hydrogen) atoms. The Bertz CT molecular complexity index is 952. The van der Waals surface area contributed by atoms with Crippen molar-refractivity contribution in [1.82, 2.24) is 15.0 Å². The molecule has 0 fully saturated rings. The fourth-order valence-electron chi connectivity index (χ4n) is 3.61. The van der Waals surface area contributed by atoms with Gasteiger partial charge in [0.1, 0.15) is 11.6 Å². The zero-order valence-corrected chi connectivity index (χ0v) is 14.9. The number of fused-ring (bicyclic) bond motifs is 2. The van der Waals surface area contributed by atoms with Crippen LogP contribution in [0.2, 0.25) is 0 Å². The van der Waals surface area contributed by atoms with Crippen molar-refractivity contribution in [3.05, 3.63) is 70.4 Å². The molecule has 2 aliphatic rings. The standard InChI is InChI=1S/C19H18N4O2S/c1-2-10-26-19-22-17-16(18(25)23-19)14(11-6-8-20-9-7-11)15-12(21-17)4-3-5-13(15)24/h2,4,6-9,14-15H,1,3,5,10H2,(H2,21,22,23,25)/t14-,15-/m0/s1. The van der Waals surface area contributed by atoms with Gasteiger partial charge in [0, 0.05) is 36.2 Å². The van der Waals surface area contributed by atoms with Crippen LogP contribution in [0.25, 0.3) is 0 Å². The Morgan fingerprint density at radius 2 is 2.08 bits per heavy atom. The Morgan fingerprint density at radius 3 is 2.85 bits per heavy atom. The van der Waals surface area contributed by atoms with Crippen molar-refractivity contribution < 1.29 is 4.79 Å². The maximum Gasteiger partial charge on any atom is 0.257 e. The Morgan fingerprint density at radius 1 is 1.27 bits per heavy atom. The molecular weight excluding hydrogens is 348 g/mol. The summed E-state index contributed by atoms with van der Waals surface area (Å²) >= 11 is 1.41. The molecular formula is C19H18N4O2S. The van der Waals surface area contributed by atoms with E-state index in [1.54, 1.807) is 18.5 Å². The highest BCUT2D eigenvalue weighted by Gasteiger charge is 2.42. The number of thioether (sulfide) groups is 1. The average Bonchev–Trinajstić information content (AvgIpc) is 2.65. The van der Waals surface area contributed by atoms with Gasteiger partial charge in [-0.15, -0.1) is 6.58 Å². The van der Waals surface area contributed by atoms with Gasteiger partial charge >= 0.3 is 0 Å². The van der Waals surface area contributed by atoms with Crippen LogP contribution in [-0.4, -0.2) is 26.5 Å². The number of hydrogen-bond donors (Lipinski definition) is 2. The molecule has 6 nitrogen and oxygen atoms in total. The number of aromatic nitrogens is 3.